The Hall–Kier alpha value is -1.96. The Balaban J connectivity index is 1.25. The topological polar surface area (TPSA) is 52.8 Å². The lowest BCUT2D eigenvalue weighted by Crippen LogP contribution is -2.45. The number of likely N-dealkylation sites (tertiary alicyclic amines) is 1. The number of amides is 1. The highest BCUT2D eigenvalue weighted by atomic mass is 35.5. The molecule has 0 bridgehead atoms. The molecule has 1 aromatic heterocycles. The number of piperazine rings is 1. The monoisotopic (exact) mass is 434 g/mol. The molecule has 1 aromatic carbocycles. The van der Waals surface area contributed by atoms with E-state index in [0.717, 1.165) is 64.2 Å². The van der Waals surface area contributed by atoms with Crippen LogP contribution >= 0.6 is 11.6 Å². The van der Waals surface area contributed by atoms with Gasteiger partial charge >= 0.3 is 0 Å². The summed E-state index contributed by atoms with van der Waals surface area (Å²) in [5.74, 6) is 0.853. The molecule has 2 fully saturated rings. The van der Waals surface area contributed by atoms with Crippen molar-refractivity contribution in [2.45, 2.75) is 32.9 Å². The van der Waals surface area contributed by atoms with Crippen LogP contribution in [0, 0.1) is 11.7 Å². The maximum atomic E-state index is 13.3. The van der Waals surface area contributed by atoms with E-state index < -0.39 is 0 Å². The summed E-state index contributed by atoms with van der Waals surface area (Å²) in [5, 5.41) is 0.166. The molecular weight excluding hydrogens is 407 g/mol. The number of rotatable bonds is 5. The van der Waals surface area contributed by atoms with E-state index in [1.54, 1.807) is 12.1 Å². The molecule has 0 spiro atoms. The minimum atomic E-state index is -0.385. The number of piperidine rings is 1. The predicted molar refractivity (Wildman–Crippen MR) is 113 cm³/mol. The van der Waals surface area contributed by atoms with Crippen molar-refractivity contribution in [1.29, 1.82) is 0 Å². The van der Waals surface area contributed by atoms with Crippen molar-refractivity contribution >= 4 is 17.5 Å². The SMILES string of the molecule is CC1CCN(C(=O)c2coc(CN3CCN(Cc4ccc(F)c(Cl)c4)CC3)n2)CC1. The van der Waals surface area contributed by atoms with E-state index in [1.165, 1.54) is 12.3 Å². The van der Waals surface area contributed by atoms with E-state index in [9.17, 15) is 9.18 Å². The fraction of sp³-hybridized carbons (Fsp3) is 0.545. The van der Waals surface area contributed by atoms with Gasteiger partial charge in [0.25, 0.3) is 5.91 Å². The standard InChI is InChI=1S/C22H28ClFN4O2/c1-16-4-6-28(7-5-16)22(29)20-15-30-21(25-20)14-27-10-8-26(9-11-27)13-17-2-3-19(24)18(23)12-17/h2-3,12,15-16H,4-11,13-14H2,1H3. The van der Waals surface area contributed by atoms with Crippen LogP contribution in [0.15, 0.2) is 28.9 Å². The zero-order valence-electron chi connectivity index (χ0n) is 17.3. The van der Waals surface area contributed by atoms with Crippen LogP contribution in [0.4, 0.5) is 4.39 Å². The molecule has 8 heteroatoms. The molecule has 2 saturated heterocycles. The van der Waals surface area contributed by atoms with Crippen LogP contribution in [0.5, 0.6) is 0 Å². The molecule has 0 radical (unpaired) electrons. The van der Waals surface area contributed by atoms with Crippen LogP contribution in [0.1, 0.15) is 41.7 Å². The second-order valence-electron chi connectivity index (χ2n) is 8.40. The van der Waals surface area contributed by atoms with Gasteiger partial charge in [0.2, 0.25) is 5.89 Å². The van der Waals surface area contributed by atoms with Crippen molar-refractivity contribution < 1.29 is 13.6 Å². The molecule has 30 heavy (non-hydrogen) atoms. The van der Waals surface area contributed by atoms with Crippen molar-refractivity contribution in [1.82, 2.24) is 19.7 Å². The lowest BCUT2D eigenvalue weighted by molar-refractivity contribution is 0.0691. The van der Waals surface area contributed by atoms with Gasteiger partial charge in [0.05, 0.1) is 11.6 Å². The van der Waals surface area contributed by atoms with E-state index in [4.69, 9.17) is 16.0 Å². The molecule has 3 heterocycles. The summed E-state index contributed by atoms with van der Waals surface area (Å²) in [6, 6.07) is 4.89. The number of hydrogen-bond acceptors (Lipinski definition) is 5. The van der Waals surface area contributed by atoms with Gasteiger partial charge in [-0.15, -0.1) is 0 Å². The molecule has 2 aromatic rings. The number of carbonyl (C=O) groups is 1. The molecule has 0 aliphatic carbocycles. The van der Waals surface area contributed by atoms with Crippen molar-refractivity contribution in [3.8, 4) is 0 Å². The van der Waals surface area contributed by atoms with Gasteiger partial charge in [0.15, 0.2) is 5.69 Å². The van der Waals surface area contributed by atoms with Gasteiger partial charge in [-0.3, -0.25) is 14.6 Å². The first kappa shape index (κ1) is 21.3. The van der Waals surface area contributed by atoms with Gasteiger partial charge in [-0.25, -0.2) is 9.37 Å². The van der Waals surface area contributed by atoms with E-state index in [2.05, 4.69) is 21.7 Å². The first-order valence-corrected chi connectivity index (χ1v) is 11.0. The number of halogens is 2. The molecule has 2 aliphatic heterocycles. The van der Waals surface area contributed by atoms with Crippen LogP contribution in [0.25, 0.3) is 0 Å². The highest BCUT2D eigenvalue weighted by Gasteiger charge is 2.25. The van der Waals surface area contributed by atoms with Crippen molar-refractivity contribution in [3.05, 3.63) is 52.5 Å². The predicted octanol–water partition coefficient (Wildman–Crippen LogP) is 3.66. The average Bonchev–Trinajstić information content (AvgIpc) is 3.21. The minimum Gasteiger partial charge on any atom is -0.447 e. The molecule has 2 aliphatic rings. The van der Waals surface area contributed by atoms with Crippen LogP contribution in [0.2, 0.25) is 5.02 Å². The molecule has 4 rings (SSSR count). The number of oxazole rings is 1. The number of hydrogen-bond donors (Lipinski definition) is 0. The molecule has 0 atom stereocenters. The summed E-state index contributed by atoms with van der Waals surface area (Å²) in [7, 11) is 0. The van der Waals surface area contributed by atoms with Gasteiger partial charge < -0.3 is 9.32 Å². The Morgan fingerprint density at radius 2 is 1.80 bits per heavy atom. The Bertz CT molecular complexity index is 874. The number of nitrogens with zero attached hydrogens (tertiary/aromatic N) is 4. The van der Waals surface area contributed by atoms with Crippen LogP contribution in [-0.4, -0.2) is 64.9 Å². The van der Waals surface area contributed by atoms with E-state index in [-0.39, 0.29) is 16.7 Å². The van der Waals surface area contributed by atoms with Crippen molar-refractivity contribution in [2.75, 3.05) is 39.3 Å². The fourth-order valence-electron chi connectivity index (χ4n) is 4.05. The fourth-order valence-corrected chi connectivity index (χ4v) is 4.25. The van der Waals surface area contributed by atoms with Gasteiger partial charge in [-0.2, -0.15) is 0 Å². The van der Waals surface area contributed by atoms with Gasteiger partial charge in [-0.1, -0.05) is 24.6 Å². The van der Waals surface area contributed by atoms with Gasteiger partial charge in [0, 0.05) is 45.8 Å². The van der Waals surface area contributed by atoms with E-state index in [1.807, 2.05) is 4.90 Å². The summed E-state index contributed by atoms with van der Waals surface area (Å²) in [6.45, 7) is 8.72. The summed E-state index contributed by atoms with van der Waals surface area (Å²) in [5.41, 5.74) is 1.42. The van der Waals surface area contributed by atoms with E-state index in [0.29, 0.717) is 24.0 Å². The maximum Gasteiger partial charge on any atom is 0.275 e. The smallest absolute Gasteiger partial charge is 0.275 e. The summed E-state index contributed by atoms with van der Waals surface area (Å²) in [6.07, 6.45) is 3.58. The zero-order valence-corrected chi connectivity index (χ0v) is 18.1. The third-order valence-electron chi connectivity index (χ3n) is 6.06. The third-order valence-corrected chi connectivity index (χ3v) is 6.35. The molecule has 6 nitrogen and oxygen atoms in total. The second-order valence-corrected chi connectivity index (χ2v) is 8.81. The van der Waals surface area contributed by atoms with Crippen LogP contribution in [0.3, 0.4) is 0 Å². The summed E-state index contributed by atoms with van der Waals surface area (Å²) < 4.78 is 18.9. The largest absolute Gasteiger partial charge is 0.447 e. The second kappa shape index (κ2) is 9.45. The summed E-state index contributed by atoms with van der Waals surface area (Å²) in [4.78, 5) is 23.5. The lowest BCUT2D eigenvalue weighted by atomic mass is 9.99. The molecular formula is C22H28ClFN4O2. The van der Waals surface area contributed by atoms with E-state index >= 15 is 0 Å². The Labute approximate surface area is 181 Å². The van der Waals surface area contributed by atoms with Crippen LogP contribution < -0.4 is 0 Å². The zero-order chi connectivity index (χ0) is 21.1. The molecule has 0 saturated carbocycles. The first-order chi connectivity index (χ1) is 14.5. The normalized spacial score (nSPS) is 19.4. The maximum absolute atomic E-state index is 13.3. The third kappa shape index (κ3) is 5.20. The first-order valence-electron chi connectivity index (χ1n) is 10.6. The van der Waals surface area contributed by atoms with Crippen molar-refractivity contribution in [3.63, 3.8) is 0 Å². The molecule has 0 unspecified atom stereocenters. The Morgan fingerprint density at radius 3 is 2.47 bits per heavy atom. The summed E-state index contributed by atoms with van der Waals surface area (Å²) >= 11 is 5.88. The number of aromatic nitrogens is 1. The Kier molecular flexibility index (Phi) is 6.71. The number of carbonyl (C=O) groups excluding carboxylic acids is 1. The molecule has 162 valence electrons. The average molecular weight is 435 g/mol. The van der Waals surface area contributed by atoms with Crippen molar-refractivity contribution in [2.24, 2.45) is 5.92 Å². The lowest BCUT2D eigenvalue weighted by Gasteiger charge is -2.34. The molecule has 0 N–H and O–H groups in total. The minimum absolute atomic E-state index is 0.0281. The highest BCUT2D eigenvalue weighted by molar-refractivity contribution is 6.30. The van der Waals surface area contributed by atoms with Crippen LogP contribution in [-0.2, 0) is 13.1 Å². The Morgan fingerprint density at radius 1 is 1.13 bits per heavy atom. The quantitative estimate of drug-likeness (QED) is 0.718. The van der Waals surface area contributed by atoms with Gasteiger partial charge in [-0.05, 0) is 36.5 Å². The number of benzene rings is 1. The molecule has 1 amide bonds. The highest BCUT2D eigenvalue weighted by Crippen LogP contribution is 2.20. The van der Waals surface area contributed by atoms with Gasteiger partial charge in [0.1, 0.15) is 12.1 Å².